The molecule has 142 valence electrons. The molecule has 6 nitrogen and oxygen atoms in total. The normalized spacial score (nSPS) is 19.8. The van der Waals surface area contributed by atoms with Crippen molar-refractivity contribution in [1.82, 2.24) is 10.2 Å². The lowest BCUT2D eigenvalue weighted by Gasteiger charge is -2.38. The Morgan fingerprint density at radius 2 is 1.81 bits per heavy atom. The van der Waals surface area contributed by atoms with E-state index < -0.39 is 11.9 Å². The molecule has 26 heavy (non-hydrogen) atoms. The zero-order valence-electron chi connectivity index (χ0n) is 14.8. The summed E-state index contributed by atoms with van der Waals surface area (Å²) < 4.78 is 4.99. The Labute approximate surface area is 162 Å². The average Bonchev–Trinajstić information content (AvgIpc) is 2.60. The minimum atomic E-state index is -0.677. The number of hydrogen-bond donors (Lipinski definition) is 1. The molecule has 2 rings (SSSR count). The van der Waals surface area contributed by atoms with Crippen molar-refractivity contribution in [2.24, 2.45) is 0 Å². The van der Waals surface area contributed by atoms with E-state index in [4.69, 9.17) is 27.9 Å². The zero-order chi connectivity index (χ0) is 19.3. The van der Waals surface area contributed by atoms with Crippen LogP contribution in [0.15, 0.2) is 18.2 Å². The minimum Gasteiger partial charge on any atom is -0.454 e. The second-order valence-corrected chi connectivity index (χ2v) is 7.22. The number of rotatable bonds is 5. The number of carbonyl (C=O) groups is 3. The summed E-state index contributed by atoms with van der Waals surface area (Å²) >= 11 is 11.7. The lowest BCUT2D eigenvalue weighted by Crippen LogP contribution is -2.49. The quantitative estimate of drug-likeness (QED) is 0.770. The Bertz CT molecular complexity index is 686. The SMILES string of the molecule is C[C@H]1CCC[C@H](C)N1C(=O)COC(=O)CNC(=O)c1ccc(Cl)c(Cl)c1. The van der Waals surface area contributed by atoms with Gasteiger partial charge in [-0.15, -0.1) is 0 Å². The molecule has 2 atom stereocenters. The molecule has 0 saturated carbocycles. The molecule has 0 aliphatic carbocycles. The highest BCUT2D eigenvalue weighted by Crippen LogP contribution is 2.23. The van der Waals surface area contributed by atoms with Gasteiger partial charge < -0.3 is 15.0 Å². The summed E-state index contributed by atoms with van der Waals surface area (Å²) in [4.78, 5) is 37.8. The van der Waals surface area contributed by atoms with Crippen LogP contribution in [0.3, 0.4) is 0 Å². The number of ether oxygens (including phenoxy) is 1. The minimum absolute atomic E-state index is 0.138. The topological polar surface area (TPSA) is 75.7 Å². The molecule has 2 amide bonds. The fourth-order valence-electron chi connectivity index (χ4n) is 3.07. The Morgan fingerprint density at radius 3 is 2.42 bits per heavy atom. The van der Waals surface area contributed by atoms with Crippen LogP contribution in [0.4, 0.5) is 0 Å². The predicted molar refractivity (Wildman–Crippen MR) is 99.4 cm³/mol. The summed E-state index contributed by atoms with van der Waals surface area (Å²) in [6.45, 7) is 3.33. The first-order valence-electron chi connectivity index (χ1n) is 8.49. The molecule has 1 heterocycles. The highest BCUT2D eigenvalue weighted by Gasteiger charge is 2.29. The fourth-order valence-corrected chi connectivity index (χ4v) is 3.37. The molecular weight excluding hydrogens is 379 g/mol. The third-order valence-corrected chi connectivity index (χ3v) is 5.15. The van der Waals surface area contributed by atoms with Crippen molar-refractivity contribution in [2.75, 3.05) is 13.2 Å². The Kier molecular flexibility index (Phi) is 7.29. The number of amides is 2. The van der Waals surface area contributed by atoms with E-state index in [9.17, 15) is 14.4 Å². The fraction of sp³-hybridized carbons (Fsp3) is 0.500. The maximum atomic E-state index is 12.3. The van der Waals surface area contributed by atoms with Crippen LogP contribution < -0.4 is 5.32 Å². The van der Waals surface area contributed by atoms with Gasteiger partial charge in [-0.05, 0) is 51.3 Å². The molecule has 1 N–H and O–H groups in total. The van der Waals surface area contributed by atoms with E-state index in [2.05, 4.69) is 5.32 Å². The molecule has 0 unspecified atom stereocenters. The number of esters is 1. The van der Waals surface area contributed by atoms with Gasteiger partial charge in [-0.25, -0.2) is 0 Å². The van der Waals surface area contributed by atoms with Gasteiger partial charge in [0.05, 0.1) is 10.0 Å². The van der Waals surface area contributed by atoms with E-state index in [1.165, 1.54) is 18.2 Å². The molecule has 0 radical (unpaired) electrons. The van der Waals surface area contributed by atoms with Crippen LogP contribution in [0, 0.1) is 0 Å². The number of benzene rings is 1. The molecule has 1 fully saturated rings. The second-order valence-electron chi connectivity index (χ2n) is 6.40. The third-order valence-electron chi connectivity index (χ3n) is 4.41. The van der Waals surface area contributed by atoms with E-state index in [0.717, 1.165) is 19.3 Å². The summed E-state index contributed by atoms with van der Waals surface area (Å²) in [5.41, 5.74) is 0.277. The van der Waals surface area contributed by atoms with Crippen LogP contribution in [0.2, 0.25) is 10.0 Å². The van der Waals surface area contributed by atoms with Gasteiger partial charge in [0, 0.05) is 17.6 Å². The number of nitrogens with zero attached hydrogens (tertiary/aromatic N) is 1. The second kappa shape index (κ2) is 9.24. The van der Waals surface area contributed by atoms with Crippen molar-refractivity contribution in [2.45, 2.75) is 45.2 Å². The van der Waals surface area contributed by atoms with Crippen molar-refractivity contribution in [1.29, 1.82) is 0 Å². The van der Waals surface area contributed by atoms with Gasteiger partial charge in [-0.1, -0.05) is 23.2 Å². The Morgan fingerprint density at radius 1 is 1.15 bits per heavy atom. The average molecular weight is 401 g/mol. The summed E-state index contributed by atoms with van der Waals surface area (Å²) in [6, 6.07) is 4.68. The summed E-state index contributed by atoms with van der Waals surface area (Å²) in [6.07, 6.45) is 2.99. The molecule has 0 aromatic heterocycles. The standard InChI is InChI=1S/C18H22Cl2N2O4/c1-11-4-3-5-12(2)22(11)16(23)10-26-17(24)9-21-18(25)13-6-7-14(19)15(20)8-13/h6-8,11-12H,3-5,9-10H2,1-2H3,(H,21,25)/t11-,12-/m0/s1. The summed E-state index contributed by atoms with van der Waals surface area (Å²) in [5, 5.41) is 3.01. The molecule has 8 heteroatoms. The van der Waals surface area contributed by atoms with Crippen LogP contribution in [-0.4, -0.2) is 47.9 Å². The maximum Gasteiger partial charge on any atom is 0.325 e. The number of carbonyl (C=O) groups excluding carboxylic acids is 3. The first-order valence-corrected chi connectivity index (χ1v) is 9.25. The molecule has 1 aromatic carbocycles. The number of hydrogen-bond acceptors (Lipinski definition) is 4. The van der Waals surface area contributed by atoms with Gasteiger partial charge in [0.1, 0.15) is 6.54 Å². The summed E-state index contributed by atoms with van der Waals surface area (Å²) in [7, 11) is 0. The summed E-state index contributed by atoms with van der Waals surface area (Å²) in [5.74, 6) is -1.37. The zero-order valence-corrected chi connectivity index (χ0v) is 16.3. The smallest absolute Gasteiger partial charge is 0.325 e. The predicted octanol–water partition coefficient (Wildman–Crippen LogP) is 3.06. The van der Waals surface area contributed by atoms with Gasteiger partial charge >= 0.3 is 5.97 Å². The van der Waals surface area contributed by atoms with E-state index in [-0.39, 0.29) is 41.7 Å². The highest BCUT2D eigenvalue weighted by atomic mass is 35.5. The lowest BCUT2D eigenvalue weighted by molar-refractivity contribution is -0.154. The molecular formula is C18H22Cl2N2O4. The van der Waals surface area contributed by atoms with E-state index in [1.807, 2.05) is 13.8 Å². The third kappa shape index (κ3) is 5.35. The molecule has 1 saturated heterocycles. The number of piperidine rings is 1. The number of likely N-dealkylation sites (tertiary alicyclic amines) is 1. The molecule has 0 spiro atoms. The van der Waals surface area contributed by atoms with E-state index >= 15 is 0 Å². The number of halogens is 2. The molecule has 0 bridgehead atoms. The molecule has 1 aliphatic rings. The Balaban J connectivity index is 1.78. The molecule has 1 aliphatic heterocycles. The molecule has 1 aromatic rings. The van der Waals surface area contributed by atoms with Crippen LogP contribution in [0.5, 0.6) is 0 Å². The first kappa shape index (κ1) is 20.5. The van der Waals surface area contributed by atoms with Crippen LogP contribution in [0.1, 0.15) is 43.5 Å². The van der Waals surface area contributed by atoms with Crippen molar-refractivity contribution < 1.29 is 19.1 Å². The van der Waals surface area contributed by atoms with Crippen LogP contribution in [0.25, 0.3) is 0 Å². The van der Waals surface area contributed by atoms with Crippen LogP contribution >= 0.6 is 23.2 Å². The van der Waals surface area contributed by atoms with E-state index in [0.29, 0.717) is 5.02 Å². The first-order chi connectivity index (χ1) is 12.3. The maximum absolute atomic E-state index is 12.3. The van der Waals surface area contributed by atoms with Gasteiger partial charge in [-0.2, -0.15) is 0 Å². The van der Waals surface area contributed by atoms with Crippen molar-refractivity contribution >= 4 is 41.0 Å². The number of nitrogens with one attached hydrogen (secondary N) is 1. The van der Waals surface area contributed by atoms with E-state index in [1.54, 1.807) is 4.90 Å². The van der Waals surface area contributed by atoms with Gasteiger partial charge in [0.25, 0.3) is 11.8 Å². The van der Waals surface area contributed by atoms with Crippen LogP contribution in [-0.2, 0) is 14.3 Å². The lowest BCUT2D eigenvalue weighted by atomic mass is 9.97. The largest absolute Gasteiger partial charge is 0.454 e. The Hall–Kier alpha value is -1.79. The van der Waals surface area contributed by atoms with Gasteiger partial charge in [-0.3, -0.25) is 14.4 Å². The monoisotopic (exact) mass is 400 g/mol. The van der Waals surface area contributed by atoms with Gasteiger partial charge in [0.2, 0.25) is 0 Å². The van der Waals surface area contributed by atoms with Crippen molar-refractivity contribution in [3.63, 3.8) is 0 Å². The van der Waals surface area contributed by atoms with Crippen molar-refractivity contribution in [3.8, 4) is 0 Å². The van der Waals surface area contributed by atoms with Crippen molar-refractivity contribution in [3.05, 3.63) is 33.8 Å². The highest BCUT2D eigenvalue weighted by molar-refractivity contribution is 6.42. The van der Waals surface area contributed by atoms with Gasteiger partial charge in [0.15, 0.2) is 6.61 Å².